The van der Waals surface area contributed by atoms with Crippen LogP contribution >= 0.6 is 0 Å². The van der Waals surface area contributed by atoms with Crippen LogP contribution in [0.1, 0.15) is 0 Å². The van der Waals surface area contributed by atoms with E-state index in [0.29, 0.717) is 0 Å². The van der Waals surface area contributed by atoms with Gasteiger partial charge in [-0.15, -0.1) is 0 Å². The van der Waals surface area contributed by atoms with Gasteiger partial charge in [0.1, 0.15) is 30.2 Å². The normalized spacial score (nSPS) is 30.8. The Morgan fingerprint density at radius 2 is 1.74 bits per heavy atom. The Bertz CT molecular complexity index is 533. The number of aliphatic hydroxyl groups excluding tert-OH is 4. The van der Waals surface area contributed by atoms with Gasteiger partial charge in [-0.25, -0.2) is 0 Å². The van der Waals surface area contributed by atoms with Gasteiger partial charge in [0.15, 0.2) is 11.5 Å². The van der Waals surface area contributed by atoms with Gasteiger partial charge in [-0.05, 0) is 0 Å². The van der Waals surface area contributed by atoms with Gasteiger partial charge in [-0.3, -0.25) is 0 Å². The van der Waals surface area contributed by atoms with Crippen LogP contribution < -0.4 is 14.2 Å². The molecule has 0 unspecified atom stereocenters. The fraction of sp³-hybridized carbons (Fsp3) is 0.571. The minimum Gasteiger partial charge on any atom is -0.504 e. The van der Waals surface area contributed by atoms with Gasteiger partial charge in [0, 0.05) is 12.1 Å². The molecule has 23 heavy (non-hydrogen) atoms. The molecule has 1 saturated heterocycles. The van der Waals surface area contributed by atoms with Crippen molar-refractivity contribution < 1.29 is 44.5 Å². The number of aromatic hydroxyl groups is 1. The maximum Gasteiger partial charge on any atom is 0.229 e. The third-order valence-electron chi connectivity index (χ3n) is 3.53. The summed E-state index contributed by atoms with van der Waals surface area (Å²) in [5, 5.41) is 48.4. The fourth-order valence-electron chi connectivity index (χ4n) is 2.29. The van der Waals surface area contributed by atoms with Crippen molar-refractivity contribution in [3.8, 4) is 23.0 Å². The Balaban J connectivity index is 2.22. The molecular formula is C14H20O9. The molecule has 0 amide bonds. The zero-order valence-electron chi connectivity index (χ0n) is 12.6. The molecule has 1 heterocycles. The number of phenolic OH excluding ortho intramolecular Hbond substituents is 1. The SMILES string of the molecule is COc1cc(O[C@H]2O[C@H](CO)[C@@H](O)[C@H](O)[C@H]2O)cc(O)c1OC. The molecule has 1 aromatic rings. The zero-order chi connectivity index (χ0) is 17.1. The summed E-state index contributed by atoms with van der Waals surface area (Å²) < 4.78 is 20.6. The number of hydrogen-bond acceptors (Lipinski definition) is 9. The van der Waals surface area contributed by atoms with Gasteiger partial charge in [-0.2, -0.15) is 0 Å². The molecule has 9 nitrogen and oxygen atoms in total. The minimum absolute atomic E-state index is 0.0736. The van der Waals surface area contributed by atoms with E-state index in [1.807, 2.05) is 0 Å². The van der Waals surface area contributed by atoms with Crippen molar-refractivity contribution in [2.45, 2.75) is 30.7 Å². The molecular weight excluding hydrogens is 312 g/mol. The Morgan fingerprint density at radius 3 is 2.30 bits per heavy atom. The van der Waals surface area contributed by atoms with E-state index in [4.69, 9.17) is 24.1 Å². The second-order valence-electron chi connectivity index (χ2n) is 4.99. The average molecular weight is 332 g/mol. The maximum absolute atomic E-state index is 9.92. The highest BCUT2D eigenvalue weighted by Crippen LogP contribution is 2.40. The average Bonchev–Trinajstić information content (AvgIpc) is 2.54. The first-order valence-corrected chi connectivity index (χ1v) is 6.85. The predicted octanol–water partition coefficient (Wildman–Crippen LogP) is -1.41. The highest BCUT2D eigenvalue weighted by Gasteiger charge is 2.44. The van der Waals surface area contributed by atoms with Crippen molar-refractivity contribution in [3.63, 3.8) is 0 Å². The largest absolute Gasteiger partial charge is 0.504 e. The van der Waals surface area contributed by atoms with Gasteiger partial charge in [-0.1, -0.05) is 0 Å². The highest BCUT2D eigenvalue weighted by molar-refractivity contribution is 5.55. The van der Waals surface area contributed by atoms with E-state index in [1.54, 1.807) is 0 Å². The number of phenols is 1. The topological polar surface area (TPSA) is 138 Å². The summed E-state index contributed by atoms with van der Waals surface area (Å²) in [6.45, 7) is -0.567. The van der Waals surface area contributed by atoms with Crippen LogP contribution in [0.5, 0.6) is 23.0 Å². The molecule has 0 aromatic heterocycles. The number of methoxy groups -OCH3 is 2. The Labute approximate surface area is 132 Å². The van der Waals surface area contributed by atoms with Crippen LogP contribution in [0.15, 0.2) is 12.1 Å². The van der Waals surface area contributed by atoms with Crippen LogP contribution in [-0.2, 0) is 4.74 Å². The summed E-state index contributed by atoms with van der Waals surface area (Å²) in [6.07, 6.45) is -7.04. The summed E-state index contributed by atoms with van der Waals surface area (Å²) in [4.78, 5) is 0. The molecule has 9 heteroatoms. The van der Waals surface area contributed by atoms with E-state index < -0.39 is 37.3 Å². The summed E-state index contributed by atoms with van der Waals surface area (Å²) >= 11 is 0. The lowest BCUT2D eigenvalue weighted by molar-refractivity contribution is -0.277. The van der Waals surface area contributed by atoms with E-state index in [9.17, 15) is 20.4 Å². The van der Waals surface area contributed by atoms with E-state index in [2.05, 4.69) is 0 Å². The number of ether oxygens (including phenoxy) is 4. The van der Waals surface area contributed by atoms with Crippen molar-refractivity contribution >= 4 is 0 Å². The molecule has 1 fully saturated rings. The van der Waals surface area contributed by atoms with Crippen LogP contribution in [0.3, 0.4) is 0 Å². The molecule has 0 bridgehead atoms. The van der Waals surface area contributed by atoms with Gasteiger partial charge in [0.2, 0.25) is 12.0 Å². The maximum atomic E-state index is 9.92. The first kappa shape index (κ1) is 17.6. The number of hydrogen-bond donors (Lipinski definition) is 5. The third kappa shape index (κ3) is 3.43. The molecule has 0 saturated carbocycles. The van der Waals surface area contributed by atoms with E-state index in [0.717, 1.165) is 0 Å². The minimum atomic E-state index is -1.56. The zero-order valence-corrected chi connectivity index (χ0v) is 12.6. The first-order valence-electron chi connectivity index (χ1n) is 6.85. The smallest absolute Gasteiger partial charge is 0.229 e. The Hall–Kier alpha value is -1.78. The van der Waals surface area contributed by atoms with Gasteiger partial charge in [0.05, 0.1) is 20.8 Å². The van der Waals surface area contributed by atoms with E-state index >= 15 is 0 Å². The predicted molar refractivity (Wildman–Crippen MR) is 75.6 cm³/mol. The first-order chi connectivity index (χ1) is 10.9. The van der Waals surface area contributed by atoms with Crippen LogP contribution in [0, 0.1) is 0 Å². The van der Waals surface area contributed by atoms with Crippen molar-refractivity contribution in [2.24, 2.45) is 0 Å². The number of rotatable bonds is 5. The van der Waals surface area contributed by atoms with Crippen LogP contribution in [0.4, 0.5) is 0 Å². The lowest BCUT2D eigenvalue weighted by Gasteiger charge is -2.39. The van der Waals surface area contributed by atoms with Crippen LogP contribution in [0.2, 0.25) is 0 Å². The molecule has 0 radical (unpaired) electrons. The summed E-state index contributed by atoms with van der Waals surface area (Å²) in [5.41, 5.74) is 0. The van der Waals surface area contributed by atoms with Crippen molar-refractivity contribution in [2.75, 3.05) is 20.8 Å². The molecule has 130 valence electrons. The van der Waals surface area contributed by atoms with Crippen LogP contribution in [0.25, 0.3) is 0 Å². The lowest BCUT2D eigenvalue weighted by atomic mass is 9.99. The second-order valence-corrected chi connectivity index (χ2v) is 4.99. The second kappa shape index (κ2) is 7.20. The number of aliphatic hydroxyl groups is 4. The Kier molecular flexibility index (Phi) is 5.50. The van der Waals surface area contributed by atoms with Crippen molar-refractivity contribution in [1.82, 2.24) is 0 Å². The third-order valence-corrected chi connectivity index (χ3v) is 3.53. The quantitative estimate of drug-likeness (QED) is 0.440. The van der Waals surface area contributed by atoms with Gasteiger partial charge < -0.3 is 44.5 Å². The van der Waals surface area contributed by atoms with E-state index in [1.165, 1.54) is 26.4 Å². The summed E-state index contributed by atoms with van der Waals surface area (Å²) in [7, 11) is 2.73. The molecule has 1 aliphatic heterocycles. The summed E-state index contributed by atoms with van der Waals surface area (Å²) in [5.74, 6) is 0.108. The number of benzene rings is 1. The molecule has 0 aliphatic carbocycles. The Morgan fingerprint density at radius 1 is 1.04 bits per heavy atom. The summed E-state index contributed by atoms with van der Waals surface area (Å²) in [6, 6.07) is 2.60. The van der Waals surface area contributed by atoms with Crippen molar-refractivity contribution in [1.29, 1.82) is 0 Å². The van der Waals surface area contributed by atoms with Gasteiger partial charge in [0.25, 0.3) is 0 Å². The molecule has 5 atom stereocenters. The van der Waals surface area contributed by atoms with E-state index in [-0.39, 0.29) is 23.0 Å². The monoisotopic (exact) mass is 332 g/mol. The highest BCUT2D eigenvalue weighted by atomic mass is 16.7. The molecule has 1 aromatic carbocycles. The molecule has 2 rings (SSSR count). The molecule has 1 aliphatic rings. The lowest BCUT2D eigenvalue weighted by Crippen LogP contribution is -2.60. The fourth-order valence-corrected chi connectivity index (χ4v) is 2.29. The molecule has 0 spiro atoms. The van der Waals surface area contributed by atoms with Gasteiger partial charge >= 0.3 is 0 Å². The van der Waals surface area contributed by atoms with Crippen molar-refractivity contribution in [3.05, 3.63) is 12.1 Å². The standard InChI is InChI=1S/C14H20O9/c1-20-8-4-6(3-7(16)13(8)21-2)22-14-12(19)11(18)10(17)9(5-15)23-14/h3-4,9-12,14-19H,5H2,1-2H3/t9-,10-,11+,12-,14+/m1/s1. The molecule has 5 N–H and O–H groups in total. The van der Waals surface area contributed by atoms with Crippen LogP contribution in [-0.4, -0.2) is 77.1 Å².